The van der Waals surface area contributed by atoms with Gasteiger partial charge in [0.15, 0.2) is 0 Å². The number of aromatic nitrogens is 1. The fraction of sp³-hybridized carbons (Fsp3) is 0.176. The van der Waals surface area contributed by atoms with Gasteiger partial charge in [0.05, 0.1) is 12.0 Å². The lowest BCUT2D eigenvalue weighted by Gasteiger charge is -2.09. The second-order valence-electron chi connectivity index (χ2n) is 5.46. The molecular weight excluding hydrogens is 310 g/mol. The summed E-state index contributed by atoms with van der Waals surface area (Å²) in [7, 11) is 1.46. The summed E-state index contributed by atoms with van der Waals surface area (Å²) in [5, 5.41) is 14.4. The molecule has 0 atom stereocenters. The maximum Gasteiger partial charge on any atom is 0.335 e. The molecule has 3 rings (SSSR count). The Morgan fingerprint density at radius 2 is 2.12 bits per heavy atom. The van der Waals surface area contributed by atoms with Crippen LogP contribution in [0.25, 0.3) is 0 Å². The molecule has 122 valence electrons. The number of nitrogens with one attached hydrogen (secondary N) is 2. The van der Waals surface area contributed by atoms with Crippen molar-refractivity contribution in [1.82, 2.24) is 10.3 Å². The fourth-order valence-electron chi connectivity index (χ4n) is 2.72. The minimum atomic E-state index is -1.13. The lowest BCUT2D eigenvalue weighted by molar-refractivity contribution is -0.115. The molecule has 2 amide bonds. The number of amides is 2. The number of carbonyl (C=O) groups excluding carboxylic acids is 2. The second kappa shape index (κ2) is 6.11. The Labute approximate surface area is 137 Å². The minimum absolute atomic E-state index is 0.000350. The van der Waals surface area contributed by atoms with Crippen molar-refractivity contribution < 1.29 is 19.5 Å². The van der Waals surface area contributed by atoms with E-state index in [1.54, 1.807) is 0 Å². The Balaban J connectivity index is 2.00. The number of rotatable bonds is 4. The number of hydrogen-bond acceptors (Lipinski definition) is 4. The zero-order chi connectivity index (χ0) is 17.3. The van der Waals surface area contributed by atoms with Crippen LogP contribution in [0.1, 0.15) is 37.7 Å². The third kappa shape index (κ3) is 2.96. The first-order valence-corrected chi connectivity index (χ1v) is 7.35. The molecule has 0 aliphatic carbocycles. The Bertz CT molecular complexity index is 861. The molecule has 0 spiro atoms. The fourth-order valence-corrected chi connectivity index (χ4v) is 2.72. The molecule has 0 radical (unpaired) electrons. The van der Waals surface area contributed by atoms with Crippen molar-refractivity contribution >= 4 is 23.5 Å². The lowest BCUT2D eigenvalue weighted by atomic mass is 9.99. The predicted molar refractivity (Wildman–Crippen MR) is 86.2 cm³/mol. The van der Waals surface area contributed by atoms with Crippen molar-refractivity contribution in [3.8, 4) is 0 Å². The van der Waals surface area contributed by atoms with Gasteiger partial charge in [-0.1, -0.05) is 12.1 Å². The summed E-state index contributed by atoms with van der Waals surface area (Å²) in [6.07, 6.45) is 0.621. The van der Waals surface area contributed by atoms with Crippen LogP contribution in [0.3, 0.4) is 0 Å². The van der Waals surface area contributed by atoms with Crippen molar-refractivity contribution in [2.45, 2.75) is 12.8 Å². The normalized spacial score (nSPS) is 12.5. The Hall–Kier alpha value is -3.22. The SMILES string of the molecule is CNC(=O)c1cc(C(=O)O)cc(Cc2cccc3c2CC(=O)N3)n1. The van der Waals surface area contributed by atoms with E-state index in [9.17, 15) is 19.5 Å². The van der Waals surface area contributed by atoms with Gasteiger partial charge < -0.3 is 15.7 Å². The molecule has 0 unspecified atom stereocenters. The number of nitrogens with zero attached hydrogens (tertiary/aromatic N) is 1. The lowest BCUT2D eigenvalue weighted by Crippen LogP contribution is -2.20. The predicted octanol–water partition coefficient (Wildman–Crippen LogP) is 1.22. The molecule has 0 saturated heterocycles. The average molecular weight is 325 g/mol. The van der Waals surface area contributed by atoms with Crippen LogP contribution in [-0.2, 0) is 17.6 Å². The molecule has 2 aromatic rings. The van der Waals surface area contributed by atoms with E-state index in [0.29, 0.717) is 12.1 Å². The highest BCUT2D eigenvalue weighted by Gasteiger charge is 2.21. The summed E-state index contributed by atoms with van der Waals surface area (Å²) < 4.78 is 0. The highest BCUT2D eigenvalue weighted by Crippen LogP contribution is 2.27. The number of benzene rings is 1. The van der Waals surface area contributed by atoms with Crippen LogP contribution in [0.5, 0.6) is 0 Å². The molecule has 1 aromatic heterocycles. The second-order valence-corrected chi connectivity index (χ2v) is 5.46. The van der Waals surface area contributed by atoms with E-state index in [4.69, 9.17) is 0 Å². The van der Waals surface area contributed by atoms with E-state index in [1.165, 1.54) is 19.2 Å². The monoisotopic (exact) mass is 325 g/mol. The molecule has 24 heavy (non-hydrogen) atoms. The molecule has 1 aliphatic rings. The maximum atomic E-state index is 11.8. The van der Waals surface area contributed by atoms with E-state index in [1.807, 2.05) is 18.2 Å². The van der Waals surface area contributed by atoms with E-state index in [2.05, 4.69) is 15.6 Å². The van der Waals surface area contributed by atoms with Crippen LogP contribution in [0.4, 0.5) is 5.69 Å². The van der Waals surface area contributed by atoms with Gasteiger partial charge in [-0.3, -0.25) is 9.59 Å². The highest BCUT2D eigenvalue weighted by atomic mass is 16.4. The van der Waals surface area contributed by atoms with Gasteiger partial charge in [-0.15, -0.1) is 0 Å². The molecular formula is C17H15N3O4. The van der Waals surface area contributed by atoms with Gasteiger partial charge in [-0.25, -0.2) is 9.78 Å². The molecule has 2 heterocycles. The number of carboxylic acids is 1. The smallest absolute Gasteiger partial charge is 0.335 e. The quantitative estimate of drug-likeness (QED) is 0.783. The zero-order valence-corrected chi connectivity index (χ0v) is 12.9. The van der Waals surface area contributed by atoms with Crippen molar-refractivity contribution in [2.24, 2.45) is 0 Å². The Morgan fingerprint density at radius 1 is 1.33 bits per heavy atom. The van der Waals surface area contributed by atoms with Gasteiger partial charge in [0.25, 0.3) is 5.91 Å². The number of aromatic carboxylic acids is 1. The number of pyridine rings is 1. The molecule has 0 fully saturated rings. The Morgan fingerprint density at radius 3 is 2.83 bits per heavy atom. The van der Waals surface area contributed by atoms with Crippen LogP contribution < -0.4 is 10.6 Å². The maximum absolute atomic E-state index is 11.8. The van der Waals surface area contributed by atoms with E-state index in [-0.39, 0.29) is 23.6 Å². The van der Waals surface area contributed by atoms with Crippen molar-refractivity contribution in [3.63, 3.8) is 0 Å². The van der Waals surface area contributed by atoms with Crippen LogP contribution in [0.15, 0.2) is 30.3 Å². The minimum Gasteiger partial charge on any atom is -0.478 e. The van der Waals surface area contributed by atoms with Crippen LogP contribution >= 0.6 is 0 Å². The highest BCUT2D eigenvalue weighted by molar-refractivity contribution is 5.99. The largest absolute Gasteiger partial charge is 0.478 e. The summed E-state index contributed by atoms with van der Waals surface area (Å²) in [5.41, 5.74) is 3.03. The van der Waals surface area contributed by atoms with Crippen molar-refractivity contribution in [1.29, 1.82) is 0 Å². The van der Waals surface area contributed by atoms with E-state index < -0.39 is 11.9 Å². The van der Waals surface area contributed by atoms with Gasteiger partial charge in [0, 0.05) is 24.8 Å². The standard InChI is InChI=1S/C17H15N3O4/c1-18-16(22)14-7-10(17(23)24)6-11(19-14)5-9-3-2-4-13-12(9)8-15(21)20-13/h2-4,6-7H,5,8H2,1H3,(H,18,22)(H,20,21)(H,23,24). The Kier molecular flexibility index (Phi) is 3.99. The summed E-state index contributed by atoms with van der Waals surface area (Å²) in [4.78, 5) is 38.9. The van der Waals surface area contributed by atoms with Crippen molar-refractivity contribution in [3.05, 3.63) is 58.4 Å². The zero-order valence-electron chi connectivity index (χ0n) is 12.9. The van der Waals surface area contributed by atoms with Crippen LogP contribution in [0, 0.1) is 0 Å². The van der Waals surface area contributed by atoms with Gasteiger partial charge >= 0.3 is 5.97 Å². The first kappa shape index (κ1) is 15.7. The number of carbonyl (C=O) groups is 3. The number of carboxylic acid groups (broad SMARTS) is 1. The summed E-state index contributed by atoms with van der Waals surface area (Å²) in [6, 6.07) is 8.19. The van der Waals surface area contributed by atoms with Gasteiger partial charge in [-0.05, 0) is 29.3 Å². The molecule has 1 aromatic carbocycles. The number of hydrogen-bond donors (Lipinski definition) is 3. The van der Waals surface area contributed by atoms with E-state index in [0.717, 1.165) is 16.8 Å². The molecule has 3 N–H and O–H groups in total. The summed E-state index contributed by atoms with van der Waals surface area (Å²) in [5.74, 6) is -1.65. The van der Waals surface area contributed by atoms with Gasteiger partial charge in [-0.2, -0.15) is 0 Å². The summed E-state index contributed by atoms with van der Waals surface area (Å²) >= 11 is 0. The third-order valence-corrected chi connectivity index (χ3v) is 3.84. The molecule has 0 bridgehead atoms. The van der Waals surface area contributed by atoms with Gasteiger partial charge in [0.2, 0.25) is 5.91 Å². The van der Waals surface area contributed by atoms with Gasteiger partial charge in [0.1, 0.15) is 5.69 Å². The molecule has 0 saturated carbocycles. The third-order valence-electron chi connectivity index (χ3n) is 3.84. The molecule has 1 aliphatic heterocycles. The van der Waals surface area contributed by atoms with Crippen molar-refractivity contribution in [2.75, 3.05) is 12.4 Å². The van der Waals surface area contributed by atoms with Crippen LogP contribution in [0.2, 0.25) is 0 Å². The number of fused-ring (bicyclic) bond motifs is 1. The average Bonchev–Trinajstić information content (AvgIpc) is 2.95. The van der Waals surface area contributed by atoms with E-state index >= 15 is 0 Å². The number of anilines is 1. The summed E-state index contributed by atoms with van der Waals surface area (Å²) in [6.45, 7) is 0. The first-order valence-electron chi connectivity index (χ1n) is 7.35. The van der Waals surface area contributed by atoms with Crippen LogP contribution in [-0.4, -0.2) is 34.9 Å². The molecule has 7 nitrogen and oxygen atoms in total. The topological polar surface area (TPSA) is 108 Å². The molecule has 7 heteroatoms. The first-order chi connectivity index (χ1) is 11.5.